The number of ether oxygens (including phenoxy) is 1. The number of anilines is 1. The Hall–Kier alpha value is -1.75. The van der Waals surface area contributed by atoms with Gasteiger partial charge in [0, 0.05) is 17.6 Å². The summed E-state index contributed by atoms with van der Waals surface area (Å²) in [6, 6.07) is 3.37. The molecule has 6 heteroatoms. The molecule has 2 amide bonds. The van der Waals surface area contributed by atoms with Crippen LogP contribution in [0.4, 0.5) is 5.69 Å². The molecule has 1 aromatic rings. The first-order chi connectivity index (χ1) is 11.1. The lowest BCUT2D eigenvalue weighted by atomic mass is 9.90. The highest BCUT2D eigenvalue weighted by atomic mass is 35.5. The van der Waals surface area contributed by atoms with Crippen LogP contribution in [0.25, 0.3) is 0 Å². The number of methoxy groups -OCH3 is 1. The van der Waals surface area contributed by atoms with Gasteiger partial charge in [0.25, 0.3) is 0 Å². The quantitative estimate of drug-likeness (QED) is 0.732. The number of nitrogens with one attached hydrogen (secondary N) is 2. The molecule has 0 aliphatic carbocycles. The van der Waals surface area contributed by atoms with Crippen molar-refractivity contribution in [1.82, 2.24) is 5.32 Å². The van der Waals surface area contributed by atoms with Crippen LogP contribution >= 0.6 is 11.6 Å². The fraction of sp³-hybridized carbons (Fsp3) is 0.556. The van der Waals surface area contributed by atoms with Gasteiger partial charge < -0.3 is 15.4 Å². The number of benzene rings is 1. The highest BCUT2D eigenvalue weighted by molar-refractivity contribution is 6.31. The van der Waals surface area contributed by atoms with Crippen LogP contribution < -0.4 is 15.4 Å². The predicted octanol–water partition coefficient (Wildman–Crippen LogP) is 3.78. The van der Waals surface area contributed by atoms with Gasteiger partial charge in [0.1, 0.15) is 11.2 Å². The molecule has 0 aliphatic heterocycles. The zero-order valence-corrected chi connectivity index (χ0v) is 16.0. The average Bonchev–Trinajstić information content (AvgIpc) is 2.49. The fourth-order valence-electron chi connectivity index (χ4n) is 2.01. The summed E-state index contributed by atoms with van der Waals surface area (Å²) in [5.41, 5.74) is 0.106. The number of aryl methyl sites for hydroxylation is 1. The maximum atomic E-state index is 12.6. The molecular formula is C18H27ClN2O3. The van der Waals surface area contributed by atoms with E-state index in [9.17, 15) is 9.59 Å². The number of rotatable bonds is 7. The summed E-state index contributed by atoms with van der Waals surface area (Å²) in [7, 11) is 1.50. The Balaban J connectivity index is 2.85. The highest BCUT2D eigenvalue weighted by Gasteiger charge is 2.36. The van der Waals surface area contributed by atoms with E-state index in [0.717, 1.165) is 12.0 Å². The third kappa shape index (κ3) is 5.13. The van der Waals surface area contributed by atoms with E-state index in [1.807, 2.05) is 6.92 Å². The molecule has 0 radical (unpaired) electrons. The van der Waals surface area contributed by atoms with Crippen molar-refractivity contribution in [3.63, 3.8) is 0 Å². The van der Waals surface area contributed by atoms with Gasteiger partial charge in [-0.2, -0.15) is 0 Å². The van der Waals surface area contributed by atoms with E-state index >= 15 is 0 Å². The lowest BCUT2D eigenvalue weighted by molar-refractivity contribution is -0.138. The smallest absolute Gasteiger partial charge is 0.239 e. The summed E-state index contributed by atoms with van der Waals surface area (Å²) in [4.78, 5) is 24.9. The van der Waals surface area contributed by atoms with E-state index < -0.39 is 11.3 Å². The molecule has 0 heterocycles. The lowest BCUT2D eigenvalue weighted by Crippen LogP contribution is -2.45. The van der Waals surface area contributed by atoms with Crippen molar-refractivity contribution in [2.75, 3.05) is 19.0 Å². The van der Waals surface area contributed by atoms with E-state index in [0.29, 0.717) is 28.9 Å². The third-order valence-corrected chi connectivity index (χ3v) is 4.28. The van der Waals surface area contributed by atoms with Crippen LogP contribution in [-0.4, -0.2) is 25.5 Å². The van der Waals surface area contributed by atoms with Crippen LogP contribution in [0.1, 0.15) is 39.7 Å². The number of halogens is 1. The average molecular weight is 355 g/mol. The SMILES string of the molecule is COc1cc(Cl)c(C)cc1NC(=O)C(C)(C)C(=O)NCCC(C)C. The summed E-state index contributed by atoms with van der Waals surface area (Å²) in [6.45, 7) is 9.75. The first-order valence-electron chi connectivity index (χ1n) is 8.03. The van der Waals surface area contributed by atoms with E-state index in [-0.39, 0.29) is 5.91 Å². The first-order valence-corrected chi connectivity index (χ1v) is 8.41. The molecule has 0 spiro atoms. The number of carbonyl (C=O) groups is 2. The normalized spacial score (nSPS) is 11.3. The molecular weight excluding hydrogens is 328 g/mol. The molecule has 5 nitrogen and oxygen atoms in total. The van der Waals surface area contributed by atoms with Gasteiger partial charge >= 0.3 is 0 Å². The monoisotopic (exact) mass is 354 g/mol. The van der Waals surface area contributed by atoms with E-state index in [2.05, 4.69) is 24.5 Å². The van der Waals surface area contributed by atoms with Crippen LogP contribution in [0.15, 0.2) is 12.1 Å². The minimum atomic E-state index is -1.20. The maximum Gasteiger partial charge on any atom is 0.239 e. The zero-order chi connectivity index (χ0) is 18.5. The molecule has 0 fully saturated rings. The number of amides is 2. The molecule has 2 N–H and O–H groups in total. The molecule has 0 saturated heterocycles. The Labute approximate surface area is 149 Å². The van der Waals surface area contributed by atoms with Gasteiger partial charge in [-0.25, -0.2) is 0 Å². The summed E-state index contributed by atoms with van der Waals surface area (Å²) < 4.78 is 5.25. The van der Waals surface area contributed by atoms with Crippen molar-refractivity contribution in [3.05, 3.63) is 22.7 Å². The second kappa shape index (κ2) is 8.38. The van der Waals surface area contributed by atoms with Crippen LogP contribution in [0.5, 0.6) is 5.75 Å². The highest BCUT2D eigenvalue weighted by Crippen LogP contribution is 2.32. The topological polar surface area (TPSA) is 67.4 Å². The van der Waals surface area contributed by atoms with E-state index in [1.54, 1.807) is 26.0 Å². The molecule has 0 atom stereocenters. The number of carbonyl (C=O) groups excluding carboxylic acids is 2. The minimum absolute atomic E-state index is 0.301. The van der Waals surface area contributed by atoms with Crippen molar-refractivity contribution >= 4 is 29.1 Å². The van der Waals surface area contributed by atoms with Gasteiger partial charge in [-0.15, -0.1) is 0 Å². The predicted molar refractivity (Wildman–Crippen MR) is 97.6 cm³/mol. The zero-order valence-electron chi connectivity index (χ0n) is 15.2. The molecule has 134 valence electrons. The fourth-order valence-corrected chi connectivity index (χ4v) is 2.16. The molecule has 24 heavy (non-hydrogen) atoms. The Bertz CT molecular complexity index is 613. The van der Waals surface area contributed by atoms with Crippen molar-refractivity contribution in [2.24, 2.45) is 11.3 Å². The van der Waals surface area contributed by atoms with Crippen LogP contribution in [0, 0.1) is 18.3 Å². The summed E-state index contributed by atoms with van der Waals surface area (Å²) in [5.74, 6) is 0.244. The van der Waals surface area contributed by atoms with E-state index in [4.69, 9.17) is 16.3 Å². The summed E-state index contributed by atoms with van der Waals surface area (Å²) >= 11 is 6.07. The van der Waals surface area contributed by atoms with Crippen LogP contribution in [-0.2, 0) is 9.59 Å². The minimum Gasteiger partial charge on any atom is -0.495 e. The van der Waals surface area contributed by atoms with E-state index in [1.165, 1.54) is 7.11 Å². The molecule has 0 saturated carbocycles. The Morgan fingerprint density at radius 2 is 1.88 bits per heavy atom. The van der Waals surface area contributed by atoms with Crippen LogP contribution in [0.2, 0.25) is 5.02 Å². The third-order valence-electron chi connectivity index (χ3n) is 3.87. The first kappa shape index (κ1) is 20.3. The summed E-state index contributed by atoms with van der Waals surface area (Å²) in [5, 5.41) is 6.14. The molecule has 0 aliphatic rings. The van der Waals surface area contributed by atoms with Gasteiger partial charge in [0.2, 0.25) is 11.8 Å². The maximum absolute atomic E-state index is 12.6. The standard InChI is InChI=1S/C18H27ClN2O3/c1-11(2)7-8-20-16(22)18(4,5)17(23)21-14-9-12(3)13(19)10-15(14)24-6/h9-11H,7-8H2,1-6H3,(H,20,22)(H,21,23). The molecule has 0 bridgehead atoms. The second-order valence-electron chi connectivity index (χ2n) is 6.82. The lowest BCUT2D eigenvalue weighted by Gasteiger charge is -2.24. The largest absolute Gasteiger partial charge is 0.495 e. The molecule has 0 unspecified atom stereocenters. The molecule has 1 aromatic carbocycles. The number of hydrogen-bond acceptors (Lipinski definition) is 3. The number of hydrogen-bond donors (Lipinski definition) is 2. The van der Waals surface area contributed by atoms with Gasteiger partial charge in [-0.3, -0.25) is 9.59 Å². The van der Waals surface area contributed by atoms with Crippen molar-refractivity contribution < 1.29 is 14.3 Å². The van der Waals surface area contributed by atoms with Crippen molar-refractivity contribution in [1.29, 1.82) is 0 Å². The van der Waals surface area contributed by atoms with Crippen molar-refractivity contribution in [2.45, 2.75) is 41.0 Å². The van der Waals surface area contributed by atoms with Gasteiger partial charge in [-0.05, 0) is 44.7 Å². The van der Waals surface area contributed by atoms with Crippen LogP contribution in [0.3, 0.4) is 0 Å². The van der Waals surface area contributed by atoms with Gasteiger partial charge in [0.05, 0.1) is 12.8 Å². The van der Waals surface area contributed by atoms with Crippen molar-refractivity contribution in [3.8, 4) is 5.75 Å². The second-order valence-corrected chi connectivity index (χ2v) is 7.23. The van der Waals surface area contributed by atoms with Gasteiger partial charge in [-0.1, -0.05) is 25.4 Å². The Morgan fingerprint density at radius 1 is 1.25 bits per heavy atom. The Morgan fingerprint density at radius 3 is 2.42 bits per heavy atom. The Kier molecular flexibility index (Phi) is 7.08. The van der Waals surface area contributed by atoms with Gasteiger partial charge in [0.15, 0.2) is 0 Å². The molecule has 1 rings (SSSR count). The summed E-state index contributed by atoms with van der Waals surface area (Å²) in [6.07, 6.45) is 0.869. The molecule has 0 aromatic heterocycles.